The molecule has 0 radical (unpaired) electrons. The van der Waals surface area contributed by atoms with E-state index in [1.807, 2.05) is 0 Å². The lowest BCUT2D eigenvalue weighted by Crippen LogP contribution is -1.65. The quantitative estimate of drug-likeness (QED) is 0.198. The van der Waals surface area contributed by atoms with Gasteiger partial charge in [0.1, 0.15) is 0 Å². The van der Waals surface area contributed by atoms with Crippen LogP contribution < -0.4 is 5.84 Å². The SMILES string of the molecule is NN=PS. The number of nitrogens with zero attached hydrogens (tertiary/aromatic N) is 1. The number of nitrogens with two attached hydrogens (primary N) is 1. The Morgan fingerprint density at radius 3 is 2.25 bits per heavy atom. The predicted molar refractivity (Wildman–Crippen MR) is 22.5 cm³/mol. The fourth-order valence-electron chi connectivity index (χ4n) is 0. The zero-order valence-electron chi connectivity index (χ0n) is 1.92. The first kappa shape index (κ1) is 4.41. The van der Waals surface area contributed by atoms with E-state index in [4.69, 9.17) is 0 Å². The van der Waals surface area contributed by atoms with Crippen molar-refractivity contribution in [1.29, 1.82) is 0 Å². The van der Waals surface area contributed by atoms with Crippen LogP contribution in [0.25, 0.3) is 0 Å². The van der Waals surface area contributed by atoms with Gasteiger partial charge in [0, 0.05) is 0 Å². The van der Waals surface area contributed by atoms with Crippen LogP contribution in [0.4, 0.5) is 0 Å². The summed E-state index contributed by atoms with van der Waals surface area (Å²) in [5.74, 6) is 4.56. The minimum absolute atomic E-state index is 0.596. The predicted octanol–water partition coefficient (Wildman–Crippen LogP) is 0.835. The summed E-state index contributed by atoms with van der Waals surface area (Å²) >= 11 is 3.60. The van der Waals surface area contributed by atoms with E-state index < -0.39 is 0 Å². The summed E-state index contributed by atoms with van der Waals surface area (Å²) in [5.41, 5.74) is 0. The molecule has 0 aliphatic rings. The highest BCUT2D eigenvalue weighted by Crippen LogP contribution is 1.97. The molecule has 0 aromatic carbocycles. The summed E-state index contributed by atoms with van der Waals surface area (Å²) in [6.07, 6.45) is 0. The normalized spacial score (nSPS) is 9.50. The third kappa shape index (κ3) is 2.41. The summed E-state index contributed by atoms with van der Waals surface area (Å²) in [5, 5.41) is 0. The van der Waals surface area contributed by atoms with Crippen LogP contribution in [-0.4, -0.2) is 0 Å². The Kier molecular flexibility index (Phi) is 3.76. The lowest BCUT2D eigenvalue weighted by molar-refractivity contribution is 1.30. The molecule has 0 saturated carbocycles. The summed E-state index contributed by atoms with van der Waals surface area (Å²) < 4.78 is 0. The Morgan fingerprint density at radius 1 is 2.00 bits per heavy atom. The van der Waals surface area contributed by atoms with Crippen LogP contribution in [0.3, 0.4) is 0 Å². The second kappa shape index (κ2) is 3.41. The average molecular weight is 94.1 g/mol. The molecule has 4 heavy (non-hydrogen) atoms. The maximum absolute atomic E-state index is 4.56. The molecule has 0 aliphatic carbocycles. The van der Waals surface area contributed by atoms with E-state index >= 15 is 0 Å². The first-order chi connectivity index (χ1) is 1.91. The Bertz CT molecular complexity index is 21.2. The molecule has 24 valence electrons. The molecule has 0 heterocycles. The van der Waals surface area contributed by atoms with Crippen LogP contribution in [0.15, 0.2) is 4.85 Å². The lowest BCUT2D eigenvalue weighted by atomic mass is 13.0. The third-order valence-electron chi connectivity index (χ3n) is 0.0516. The zero-order valence-corrected chi connectivity index (χ0v) is 3.71. The van der Waals surface area contributed by atoms with Gasteiger partial charge in [-0.25, -0.2) is 5.84 Å². The molecule has 0 atom stereocenters. The van der Waals surface area contributed by atoms with Crippen molar-refractivity contribution in [2.45, 2.75) is 0 Å². The van der Waals surface area contributed by atoms with Gasteiger partial charge < -0.3 is 0 Å². The van der Waals surface area contributed by atoms with Gasteiger partial charge in [-0.05, 0) is 0 Å². The summed E-state index contributed by atoms with van der Waals surface area (Å²) in [7, 11) is 0.596. The van der Waals surface area contributed by atoms with Crippen LogP contribution in [0.2, 0.25) is 0 Å². The molecule has 0 amide bonds. The molecule has 0 aromatic rings. The summed E-state index contributed by atoms with van der Waals surface area (Å²) in [4.78, 5) is 3.07. The molecular weight excluding hydrogens is 91.1 g/mol. The largest absolute Gasteiger partial charge is 0.223 e. The topological polar surface area (TPSA) is 38.4 Å². The Labute approximate surface area is 31.4 Å². The fourth-order valence-corrected chi connectivity index (χ4v) is 0. The Morgan fingerprint density at radius 2 is 2.25 bits per heavy atom. The second-order valence-electron chi connectivity index (χ2n) is 0.205. The minimum atomic E-state index is 0.596. The van der Waals surface area contributed by atoms with Crippen molar-refractivity contribution in [1.82, 2.24) is 0 Å². The minimum Gasteiger partial charge on any atom is -0.223 e. The highest BCUT2D eigenvalue weighted by molar-refractivity contribution is 8.34. The zero-order chi connectivity index (χ0) is 3.41. The van der Waals surface area contributed by atoms with E-state index in [0.29, 0.717) is 7.57 Å². The Balaban J connectivity index is 2.55. The number of thiol groups is 1. The fraction of sp³-hybridized carbons (Fsp3) is 0. The number of rotatable bonds is 0. The average Bonchev–Trinajstić information content (AvgIpc) is 1.37. The van der Waals surface area contributed by atoms with E-state index in [9.17, 15) is 0 Å². The van der Waals surface area contributed by atoms with Crippen molar-refractivity contribution in [3.05, 3.63) is 0 Å². The van der Waals surface area contributed by atoms with Crippen molar-refractivity contribution < 1.29 is 0 Å². The van der Waals surface area contributed by atoms with Crippen molar-refractivity contribution in [2.24, 2.45) is 10.7 Å². The van der Waals surface area contributed by atoms with Crippen molar-refractivity contribution in [3.8, 4) is 0 Å². The van der Waals surface area contributed by atoms with Gasteiger partial charge in [0.2, 0.25) is 0 Å². The first-order valence-electron chi connectivity index (χ1n) is 0.658. The first-order valence-corrected chi connectivity index (χ1v) is 2.66. The van der Waals surface area contributed by atoms with Crippen molar-refractivity contribution >= 4 is 19.8 Å². The molecule has 0 aromatic heterocycles. The molecule has 2 N–H and O–H groups in total. The molecular formula is H3N2PS. The van der Waals surface area contributed by atoms with E-state index in [0.717, 1.165) is 0 Å². The van der Waals surface area contributed by atoms with Gasteiger partial charge in [0.25, 0.3) is 0 Å². The molecule has 0 fully saturated rings. The third-order valence-corrected chi connectivity index (χ3v) is 0.465. The van der Waals surface area contributed by atoms with Crippen LogP contribution in [0.1, 0.15) is 0 Å². The van der Waals surface area contributed by atoms with Gasteiger partial charge >= 0.3 is 0 Å². The van der Waals surface area contributed by atoms with Gasteiger partial charge in [-0.15, -0.1) is 0 Å². The van der Waals surface area contributed by atoms with Crippen molar-refractivity contribution in [2.75, 3.05) is 0 Å². The van der Waals surface area contributed by atoms with Gasteiger partial charge in [-0.3, -0.25) is 0 Å². The Hall–Kier alpha value is 0.410. The highest BCUT2D eigenvalue weighted by atomic mass is 32.7. The molecule has 0 aliphatic heterocycles. The number of hydrogen-bond acceptors (Lipinski definition) is 1. The molecule has 4 heteroatoms. The number of hydrogen-bond donors (Lipinski definition) is 2. The van der Waals surface area contributed by atoms with Crippen LogP contribution in [0, 0.1) is 0 Å². The maximum Gasteiger partial charge on any atom is 0.0917 e. The van der Waals surface area contributed by atoms with Crippen LogP contribution in [-0.2, 0) is 0 Å². The monoisotopic (exact) mass is 94.0 g/mol. The standard InChI is InChI=1S/H3N2PS/c1-2-3-4/h1H2,(H,2,4). The van der Waals surface area contributed by atoms with E-state index in [1.165, 1.54) is 0 Å². The summed E-state index contributed by atoms with van der Waals surface area (Å²) in [6.45, 7) is 0. The van der Waals surface area contributed by atoms with Gasteiger partial charge in [0.15, 0.2) is 0 Å². The van der Waals surface area contributed by atoms with Gasteiger partial charge in [-0.2, -0.15) is 4.85 Å². The van der Waals surface area contributed by atoms with E-state index in [1.54, 1.807) is 0 Å². The molecule has 0 saturated heterocycles. The molecule has 2 nitrogen and oxygen atoms in total. The maximum atomic E-state index is 4.56. The molecule has 0 rings (SSSR count). The lowest BCUT2D eigenvalue weighted by Gasteiger charge is -1.51. The van der Waals surface area contributed by atoms with Gasteiger partial charge in [0.05, 0.1) is 7.57 Å². The molecule has 0 spiro atoms. The smallest absolute Gasteiger partial charge is 0.0917 e. The van der Waals surface area contributed by atoms with Gasteiger partial charge in [-0.1, -0.05) is 12.2 Å². The van der Waals surface area contributed by atoms with Crippen molar-refractivity contribution in [3.63, 3.8) is 0 Å². The highest BCUT2D eigenvalue weighted by Gasteiger charge is 1.35. The van der Waals surface area contributed by atoms with E-state index in [-0.39, 0.29) is 0 Å². The van der Waals surface area contributed by atoms with Crippen LogP contribution in [0.5, 0.6) is 0 Å². The summed E-state index contributed by atoms with van der Waals surface area (Å²) in [6, 6.07) is 0. The molecule has 0 unspecified atom stereocenters. The van der Waals surface area contributed by atoms with E-state index in [2.05, 4.69) is 22.9 Å². The second-order valence-corrected chi connectivity index (χ2v) is 1.15. The molecule has 0 bridgehead atoms. The van der Waals surface area contributed by atoms with Crippen LogP contribution >= 0.6 is 19.8 Å².